The van der Waals surface area contributed by atoms with E-state index in [1.54, 1.807) is 18.6 Å². The SMILES string of the molecule is FC1CCCC1Nc1cnccn1. The van der Waals surface area contributed by atoms with Gasteiger partial charge >= 0.3 is 0 Å². The van der Waals surface area contributed by atoms with Gasteiger partial charge in [-0.05, 0) is 19.3 Å². The fourth-order valence-electron chi connectivity index (χ4n) is 1.64. The molecule has 0 radical (unpaired) electrons. The highest BCUT2D eigenvalue weighted by atomic mass is 19.1. The van der Waals surface area contributed by atoms with Crippen LogP contribution in [0, 0.1) is 0 Å². The molecule has 1 aromatic rings. The summed E-state index contributed by atoms with van der Waals surface area (Å²) in [6.45, 7) is 0. The second-order valence-corrected chi connectivity index (χ2v) is 3.29. The number of rotatable bonds is 2. The first-order chi connectivity index (χ1) is 6.36. The molecule has 1 fully saturated rings. The van der Waals surface area contributed by atoms with Crippen molar-refractivity contribution in [3.8, 4) is 0 Å². The van der Waals surface area contributed by atoms with Crippen molar-refractivity contribution in [3.05, 3.63) is 18.6 Å². The molecule has 2 unspecified atom stereocenters. The number of halogens is 1. The van der Waals surface area contributed by atoms with Crippen LogP contribution in [0.4, 0.5) is 10.2 Å². The molecule has 1 heterocycles. The maximum Gasteiger partial charge on any atom is 0.144 e. The van der Waals surface area contributed by atoms with Crippen LogP contribution in [0.5, 0.6) is 0 Å². The van der Waals surface area contributed by atoms with Crippen molar-refractivity contribution >= 4 is 5.82 Å². The van der Waals surface area contributed by atoms with Crippen LogP contribution in [0.25, 0.3) is 0 Å². The van der Waals surface area contributed by atoms with E-state index in [1.165, 1.54) is 0 Å². The first-order valence-electron chi connectivity index (χ1n) is 4.53. The van der Waals surface area contributed by atoms with Crippen LogP contribution >= 0.6 is 0 Å². The maximum atomic E-state index is 13.2. The van der Waals surface area contributed by atoms with Gasteiger partial charge in [-0.1, -0.05) is 0 Å². The zero-order valence-electron chi connectivity index (χ0n) is 7.28. The number of aromatic nitrogens is 2. The van der Waals surface area contributed by atoms with Crippen LogP contribution in [-0.2, 0) is 0 Å². The molecule has 2 atom stereocenters. The summed E-state index contributed by atoms with van der Waals surface area (Å²) in [6.07, 6.45) is 6.60. The van der Waals surface area contributed by atoms with Crippen LogP contribution in [0.3, 0.4) is 0 Å². The fourth-order valence-corrected chi connectivity index (χ4v) is 1.64. The van der Waals surface area contributed by atoms with E-state index in [9.17, 15) is 4.39 Å². The highest BCUT2D eigenvalue weighted by Gasteiger charge is 2.26. The molecule has 0 bridgehead atoms. The second kappa shape index (κ2) is 3.68. The summed E-state index contributed by atoms with van der Waals surface area (Å²) in [7, 11) is 0. The maximum absolute atomic E-state index is 13.2. The molecule has 4 heteroatoms. The minimum Gasteiger partial charge on any atom is -0.363 e. The smallest absolute Gasteiger partial charge is 0.144 e. The van der Waals surface area contributed by atoms with Gasteiger partial charge in [0.25, 0.3) is 0 Å². The zero-order chi connectivity index (χ0) is 9.10. The lowest BCUT2D eigenvalue weighted by atomic mass is 10.2. The minimum absolute atomic E-state index is 0.0725. The number of nitrogens with one attached hydrogen (secondary N) is 1. The summed E-state index contributed by atoms with van der Waals surface area (Å²) in [5.74, 6) is 0.664. The Morgan fingerprint density at radius 1 is 1.38 bits per heavy atom. The molecular formula is C9H12FN3. The summed E-state index contributed by atoms with van der Waals surface area (Å²) >= 11 is 0. The lowest BCUT2D eigenvalue weighted by Crippen LogP contribution is -2.25. The topological polar surface area (TPSA) is 37.8 Å². The van der Waals surface area contributed by atoms with Gasteiger partial charge in [-0.3, -0.25) is 4.98 Å². The summed E-state index contributed by atoms with van der Waals surface area (Å²) in [6, 6.07) is -0.0725. The fraction of sp³-hybridized carbons (Fsp3) is 0.556. The summed E-state index contributed by atoms with van der Waals surface area (Å²) in [5.41, 5.74) is 0. The van der Waals surface area contributed by atoms with E-state index in [2.05, 4.69) is 15.3 Å². The average Bonchev–Trinajstić information content (AvgIpc) is 2.54. The third kappa shape index (κ3) is 1.94. The van der Waals surface area contributed by atoms with Crippen LogP contribution in [-0.4, -0.2) is 22.2 Å². The highest BCUT2D eigenvalue weighted by Crippen LogP contribution is 2.24. The normalized spacial score (nSPS) is 27.5. The van der Waals surface area contributed by atoms with Gasteiger partial charge in [-0.15, -0.1) is 0 Å². The molecule has 1 N–H and O–H groups in total. The molecule has 3 nitrogen and oxygen atoms in total. The molecule has 0 saturated heterocycles. The van der Waals surface area contributed by atoms with Crippen LogP contribution in [0.2, 0.25) is 0 Å². The third-order valence-corrected chi connectivity index (χ3v) is 2.33. The van der Waals surface area contributed by atoms with E-state index in [-0.39, 0.29) is 6.04 Å². The Morgan fingerprint density at radius 3 is 2.92 bits per heavy atom. The molecule has 1 aliphatic rings. The lowest BCUT2D eigenvalue weighted by Gasteiger charge is -2.14. The predicted molar refractivity (Wildman–Crippen MR) is 48.2 cm³/mol. The van der Waals surface area contributed by atoms with Crippen LogP contribution < -0.4 is 5.32 Å². The Balaban J connectivity index is 1.98. The van der Waals surface area contributed by atoms with Gasteiger partial charge < -0.3 is 5.32 Å². The Morgan fingerprint density at radius 2 is 2.31 bits per heavy atom. The van der Waals surface area contributed by atoms with Crippen molar-refractivity contribution in [2.24, 2.45) is 0 Å². The summed E-state index contributed by atoms with van der Waals surface area (Å²) < 4.78 is 13.2. The molecule has 1 aliphatic carbocycles. The van der Waals surface area contributed by atoms with Crippen LogP contribution in [0.15, 0.2) is 18.6 Å². The second-order valence-electron chi connectivity index (χ2n) is 3.29. The van der Waals surface area contributed by atoms with Gasteiger partial charge in [-0.2, -0.15) is 0 Å². The first kappa shape index (κ1) is 8.41. The number of nitrogens with zero attached hydrogens (tertiary/aromatic N) is 2. The van der Waals surface area contributed by atoms with E-state index < -0.39 is 6.17 Å². The monoisotopic (exact) mass is 181 g/mol. The molecule has 0 aliphatic heterocycles. The number of hydrogen-bond acceptors (Lipinski definition) is 3. The van der Waals surface area contributed by atoms with E-state index in [4.69, 9.17) is 0 Å². The van der Waals surface area contributed by atoms with Crippen molar-refractivity contribution < 1.29 is 4.39 Å². The number of alkyl halides is 1. The predicted octanol–water partition coefficient (Wildman–Crippen LogP) is 1.78. The van der Waals surface area contributed by atoms with Gasteiger partial charge in [-0.25, -0.2) is 9.37 Å². The minimum atomic E-state index is -0.734. The lowest BCUT2D eigenvalue weighted by molar-refractivity contribution is 0.323. The van der Waals surface area contributed by atoms with Gasteiger partial charge in [0.15, 0.2) is 0 Å². The molecule has 1 saturated carbocycles. The molecule has 0 spiro atoms. The largest absolute Gasteiger partial charge is 0.363 e. The molecule has 0 amide bonds. The molecule has 0 aromatic carbocycles. The number of anilines is 1. The quantitative estimate of drug-likeness (QED) is 0.755. The third-order valence-electron chi connectivity index (χ3n) is 2.33. The summed E-state index contributed by atoms with van der Waals surface area (Å²) in [4.78, 5) is 7.94. The van der Waals surface area contributed by atoms with Crippen molar-refractivity contribution in [1.82, 2.24) is 9.97 Å². The van der Waals surface area contributed by atoms with Crippen molar-refractivity contribution in [1.29, 1.82) is 0 Å². The highest BCUT2D eigenvalue weighted by molar-refractivity contribution is 5.32. The van der Waals surface area contributed by atoms with E-state index in [0.29, 0.717) is 12.2 Å². The van der Waals surface area contributed by atoms with Gasteiger partial charge in [0.1, 0.15) is 12.0 Å². The number of hydrogen-bond donors (Lipinski definition) is 1. The molecular weight excluding hydrogens is 169 g/mol. The Hall–Kier alpha value is -1.19. The van der Waals surface area contributed by atoms with Gasteiger partial charge in [0.2, 0.25) is 0 Å². The standard InChI is InChI=1S/C9H12FN3/c10-7-2-1-3-8(7)13-9-6-11-4-5-12-9/h4-8H,1-3H2,(H,12,13). The van der Waals surface area contributed by atoms with Crippen molar-refractivity contribution in [3.63, 3.8) is 0 Å². The van der Waals surface area contributed by atoms with E-state index >= 15 is 0 Å². The van der Waals surface area contributed by atoms with Gasteiger partial charge in [0, 0.05) is 12.4 Å². The molecule has 13 heavy (non-hydrogen) atoms. The Labute approximate surface area is 76.4 Å². The Bertz CT molecular complexity index is 265. The molecule has 70 valence electrons. The van der Waals surface area contributed by atoms with Crippen molar-refractivity contribution in [2.45, 2.75) is 31.5 Å². The van der Waals surface area contributed by atoms with Crippen LogP contribution in [0.1, 0.15) is 19.3 Å². The zero-order valence-corrected chi connectivity index (χ0v) is 7.28. The van der Waals surface area contributed by atoms with E-state index in [0.717, 1.165) is 12.8 Å². The van der Waals surface area contributed by atoms with E-state index in [1.807, 2.05) is 0 Å². The Kier molecular flexibility index (Phi) is 2.38. The van der Waals surface area contributed by atoms with Gasteiger partial charge in [0.05, 0.1) is 12.2 Å². The molecule has 2 rings (SSSR count). The van der Waals surface area contributed by atoms with Crippen molar-refractivity contribution in [2.75, 3.05) is 5.32 Å². The first-order valence-corrected chi connectivity index (χ1v) is 4.53. The molecule has 1 aromatic heterocycles. The summed E-state index contributed by atoms with van der Waals surface area (Å²) in [5, 5.41) is 3.04. The average molecular weight is 181 g/mol.